The van der Waals surface area contributed by atoms with E-state index in [9.17, 15) is 14.4 Å². The molecule has 2 rings (SSSR count). The van der Waals surface area contributed by atoms with Gasteiger partial charge in [0.25, 0.3) is 0 Å². The van der Waals surface area contributed by atoms with Crippen molar-refractivity contribution >= 4 is 29.4 Å². The van der Waals surface area contributed by atoms with Gasteiger partial charge in [-0.1, -0.05) is 30.7 Å². The number of aliphatic carboxylic acids is 1. The molecule has 1 N–H and O–H groups in total. The second kappa shape index (κ2) is 9.03. The normalized spacial score (nSPS) is 21.3. The van der Waals surface area contributed by atoms with E-state index < -0.39 is 23.9 Å². The largest absolute Gasteiger partial charge is 0.481 e. The molecule has 0 aromatic heterocycles. The molecular formula is C19H24ClNO5. The van der Waals surface area contributed by atoms with Gasteiger partial charge in [-0.05, 0) is 43.9 Å². The van der Waals surface area contributed by atoms with Crippen molar-refractivity contribution in [2.45, 2.75) is 51.6 Å². The van der Waals surface area contributed by atoms with Crippen molar-refractivity contribution in [1.29, 1.82) is 0 Å². The number of amides is 1. The Morgan fingerprint density at radius 2 is 1.92 bits per heavy atom. The standard InChI is InChI=1S/C19H24ClNO5/c1-3-15(19(25)26-4-2)21-16(12-5-8-14(20)9-6-12)10-7-13(18(21)24)11-17(22)23/h5-6,8-9,13,15-16H,3-4,7,10-11H2,1-2H3,(H,22,23)/t13-,15?,16+/m1/s1. The van der Waals surface area contributed by atoms with Gasteiger partial charge < -0.3 is 14.7 Å². The number of halogens is 1. The summed E-state index contributed by atoms with van der Waals surface area (Å²) in [4.78, 5) is 38.1. The smallest absolute Gasteiger partial charge is 0.328 e. The quantitative estimate of drug-likeness (QED) is 0.731. The van der Waals surface area contributed by atoms with Crippen LogP contribution in [0.5, 0.6) is 0 Å². The summed E-state index contributed by atoms with van der Waals surface area (Å²) in [5.41, 5.74) is 0.874. The number of carboxylic acids is 1. The summed E-state index contributed by atoms with van der Waals surface area (Å²) in [6.07, 6.45) is 1.21. The lowest BCUT2D eigenvalue weighted by Crippen LogP contribution is -2.52. The molecule has 6 nitrogen and oxygen atoms in total. The maximum atomic E-state index is 13.0. The summed E-state index contributed by atoms with van der Waals surface area (Å²) in [5, 5.41) is 9.68. The van der Waals surface area contributed by atoms with Crippen molar-refractivity contribution in [3.8, 4) is 0 Å². The second-order valence-electron chi connectivity index (χ2n) is 6.36. The molecule has 26 heavy (non-hydrogen) atoms. The summed E-state index contributed by atoms with van der Waals surface area (Å²) >= 11 is 5.96. The van der Waals surface area contributed by atoms with Gasteiger partial charge in [0, 0.05) is 10.9 Å². The van der Waals surface area contributed by atoms with Crippen LogP contribution in [0.2, 0.25) is 5.02 Å². The number of carbonyl (C=O) groups is 3. The van der Waals surface area contributed by atoms with Crippen molar-refractivity contribution in [1.82, 2.24) is 4.90 Å². The fourth-order valence-electron chi connectivity index (χ4n) is 3.48. The highest BCUT2D eigenvalue weighted by molar-refractivity contribution is 6.30. The first kappa shape index (κ1) is 20.2. The molecular weight excluding hydrogens is 358 g/mol. The van der Waals surface area contributed by atoms with Crippen LogP contribution in [0.4, 0.5) is 0 Å². The van der Waals surface area contributed by atoms with Crippen LogP contribution in [0.15, 0.2) is 24.3 Å². The first-order valence-corrected chi connectivity index (χ1v) is 9.22. The number of piperidine rings is 1. The molecule has 1 heterocycles. The summed E-state index contributed by atoms with van der Waals surface area (Å²) in [6.45, 7) is 3.75. The van der Waals surface area contributed by atoms with Crippen molar-refractivity contribution < 1.29 is 24.2 Å². The predicted octanol–water partition coefficient (Wildman–Crippen LogP) is 3.44. The molecule has 1 fully saturated rings. The molecule has 0 saturated carbocycles. The van der Waals surface area contributed by atoms with Gasteiger partial charge >= 0.3 is 11.9 Å². The van der Waals surface area contributed by atoms with Gasteiger partial charge in [0.2, 0.25) is 5.91 Å². The lowest BCUT2D eigenvalue weighted by atomic mass is 9.85. The maximum absolute atomic E-state index is 13.0. The molecule has 1 unspecified atom stereocenters. The fraction of sp³-hybridized carbons (Fsp3) is 0.526. The van der Waals surface area contributed by atoms with Crippen LogP contribution in [-0.4, -0.2) is 40.5 Å². The van der Waals surface area contributed by atoms with Gasteiger partial charge in [-0.15, -0.1) is 0 Å². The monoisotopic (exact) mass is 381 g/mol. The Labute approximate surface area is 158 Å². The highest BCUT2D eigenvalue weighted by Gasteiger charge is 2.42. The van der Waals surface area contributed by atoms with E-state index in [1.54, 1.807) is 19.1 Å². The van der Waals surface area contributed by atoms with Crippen molar-refractivity contribution in [3.63, 3.8) is 0 Å². The third-order valence-corrected chi connectivity index (χ3v) is 4.94. The van der Waals surface area contributed by atoms with Crippen LogP contribution < -0.4 is 0 Å². The third kappa shape index (κ3) is 4.55. The van der Waals surface area contributed by atoms with Gasteiger partial charge in [0.05, 0.1) is 19.1 Å². The lowest BCUT2D eigenvalue weighted by Gasteiger charge is -2.42. The molecule has 0 bridgehead atoms. The Morgan fingerprint density at radius 1 is 1.27 bits per heavy atom. The maximum Gasteiger partial charge on any atom is 0.328 e. The average molecular weight is 382 g/mol. The van der Waals surface area contributed by atoms with E-state index >= 15 is 0 Å². The highest BCUT2D eigenvalue weighted by Crippen LogP contribution is 2.38. The van der Waals surface area contributed by atoms with E-state index in [1.807, 2.05) is 19.1 Å². The zero-order valence-corrected chi connectivity index (χ0v) is 15.7. The Kier molecular flexibility index (Phi) is 7.03. The first-order chi connectivity index (χ1) is 12.4. The van der Waals surface area contributed by atoms with Crippen LogP contribution >= 0.6 is 11.6 Å². The third-order valence-electron chi connectivity index (χ3n) is 4.69. The summed E-state index contributed by atoms with van der Waals surface area (Å²) in [7, 11) is 0. The van der Waals surface area contributed by atoms with Crippen LogP contribution in [-0.2, 0) is 19.1 Å². The molecule has 1 aliphatic heterocycles. The fourth-order valence-corrected chi connectivity index (χ4v) is 3.61. The van der Waals surface area contributed by atoms with E-state index in [1.165, 1.54) is 4.90 Å². The van der Waals surface area contributed by atoms with E-state index in [-0.39, 0.29) is 25.0 Å². The highest BCUT2D eigenvalue weighted by atomic mass is 35.5. The van der Waals surface area contributed by atoms with Crippen molar-refractivity contribution in [3.05, 3.63) is 34.9 Å². The van der Waals surface area contributed by atoms with Gasteiger partial charge in [0.1, 0.15) is 6.04 Å². The zero-order valence-electron chi connectivity index (χ0n) is 15.0. The van der Waals surface area contributed by atoms with Crippen LogP contribution in [0, 0.1) is 5.92 Å². The zero-order chi connectivity index (χ0) is 19.3. The minimum atomic E-state index is -1.02. The number of likely N-dealkylation sites (tertiary alicyclic amines) is 1. The summed E-state index contributed by atoms with van der Waals surface area (Å²) in [5.74, 6) is -2.41. The number of hydrogen-bond acceptors (Lipinski definition) is 4. The molecule has 1 aliphatic rings. The summed E-state index contributed by atoms with van der Waals surface area (Å²) < 4.78 is 5.15. The van der Waals surface area contributed by atoms with Crippen molar-refractivity contribution in [2.75, 3.05) is 6.61 Å². The topological polar surface area (TPSA) is 83.9 Å². The number of carbonyl (C=O) groups excluding carboxylic acids is 2. The Hall–Kier alpha value is -2.08. The van der Waals surface area contributed by atoms with E-state index in [4.69, 9.17) is 21.4 Å². The SMILES string of the molecule is CCOC(=O)C(CC)N1C(=O)[C@@H](CC(=O)O)CC[C@H]1c1ccc(Cl)cc1. The minimum Gasteiger partial charge on any atom is -0.481 e. The molecule has 0 spiro atoms. The average Bonchev–Trinajstić information content (AvgIpc) is 2.59. The summed E-state index contributed by atoms with van der Waals surface area (Å²) in [6, 6.07) is 6.12. The minimum absolute atomic E-state index is 0.224. The number of carboxylic acid groups (broad SMARTS) is 1. The predicted molar refractivity (Wildman–Crippen MR) is 96.7 cm³/mol. The number of esters is 1. The molecule has 7 heteroatoms. The number of nitrogens with zero attached hydrogens (tertiary/aromatic N) is 1. The van der Waals surface area contributed by atoms with Crippen molar-refractivity contribution in [2.24, 2.45) is 5.92 Å². The molecule has 1 aromatic carbocycles. The van der Waals surface area contributed by atoms with Gasteiger partial charge in [-0.3, -0.25) is 9.59 Å². The second-order valence-corrected chi connectivity index (χ2v) is 6.80. The van der Waals surface area contributed by atoms with Crippen LogP contribution in [0.25, 0.3) is 0 Å². The number of rotatable bonds is 7. The lowest BCUT2D eigenvalue weighted by molar-refractivity contribution is -0.162. The van der Waals surface area contributed by atoms with Crippen LogP contribution in [0.1, 0.15) is 51.1 Å². The van der Waals surface area contributed by atoms with Gasteiger partial charge in [-0.25, -0.2) is 4.79 Å². The Balaban J connectivity index is 2.39. The molecule has 3 atom stereocenters. The Morgan fingerprint density at radius 3 is 2.46 bits per heavy atom. The molecule has 1 amide bonds. The molecule has 0 radical (unpaired) electrons. The molecule has 0 aliphatic carbocycles. The van der Waals surface area contributed by atoms with E-state index in [0.717, 1.165) is 5.56 Å². The van der Waals surface area contributed by atoms with Gasteiger partial charge in [0.15, 0.2) is 0 Å². The number of benzene rings is 1. The van der Waals surface area contributed by atoms with E-state index in [2.05, 4.69) is 0 Å². The Bertz CT molecular complexity index is 660. The molecule has 142 valence electrons. The number of hydrogen-bond donors (Lipinski definition) is 1. The molecule has 1 aromatic rings. The van der Waals surface area contributed by atoms with E-state index in [0.29, 0.717) is 24.3 Å². The first-order valence-electron chi connectivity index (χ1n) is 8.85. The van der Waals surface area contributed by atoms with Gasteiger partial charge in [-0.2, -0.15) is 0 Å². The van der Waals surface area contributed by atoms with Crippen LogP contribution in [0.3, 0.4) is 0 Å². The molecule has 1 saturated heterocycles. The number of ether oxygens (including phenoxy) is 1.